The number of nitrogens with zero attached hydrogens (tertiary/aromatic N) is 2. The number of esters is 1. The molecule has 2 saturated carbocycles. The third kappa shape index (κ3) is 5.21. The van der Waals surface area contributed by atoms with Crippen LogP contribution in [0.25, 0.3) is 6.08 Å². The van der Waals surface area contributed by atoms with Crippen molar-refractivity contribution in [2.45, 2.75) is 51.6 Å². The fourth-order valence-electron chi connectivity index (χ4n) is 3.12. The Morgan fingerprint density at radius 3 is 2.59 bits per heavy atom. The highest BCUT2D eigenvalue weighted by molar-refractivity contribution is 5.90. The molecule has 1 aromatic rings. The molecule has 1 N–H and O–H groups in total. The maximum absolute atomic E-state index is 12.0. The summed E-state index contributed by atoms with van der Waals surface area (Å²) in [4.78, 5) is 36.8. The maximum atomic E-state index is 12.0. The average Bonchev–Trinajstić information content (AvgIpc) is 3.52. The van der Waals surface area contributed by atoms with Gasteiger partial charge in [-0.2, -0.15) is 0 Å². The summed E-state index contributed by atoms with van der Waals surface area (Å²) in [5.41, 5.74) is 3.30. The van der Waals surface area contributed by atoms with Crippen LogP contribution in [0, 0.1) is 13.8 Å². The van der Waals surface area contributed by atoms with Crippen molar-refractivity contribution >= 4 is 23.9 Å². The van der Waals surface area contributed by atoms with Crippen molar-refractivity contribution in [2.24, 2.45) is 0 Å². The molecular formula is C20H27N3O4. The molecule has 3 rings (SSSR count). The zero-order chi connectivity index (χ0) is 19.6. The molecule has 0 bridgehead atoms. The van der Waals surface area contributed by atoms with Gasteiger partial charge in [0.2, 0.25) is 5.91 Å². The summed E-state index contributed by atoms with van der Waals surface area (Å²) < 4.78 is 7.30. The molecule has 2 fully saturated rings. The van der Waals surface area contributed by atoms with Gasteiger partial charge in [-0.05, 0) is 57.2 Å². The Kier molecular flexibility index (Phi) is 5.68. The molecule has 0 radical (unpaired) electrons. The Morgan fingerprint density at radius 1 is 1.26 bits per heavy atom. The Bertz CT molecular complexity index is 772. The third-order valence-corrected chi connectivity index (χ3v) is 4.92. The van der Waals surface area contributed by atoms with E-state index in [1.807, 2.05) is 6.92 Å². The van der Waals surface area contributed by atoms with Crippen molar-refractivity contribution in [3.05, 3.63) is 29.1 Å². The molecule has 2 aliphatic carbocycles. The molecule has 146 valence electrons. The van der Waals surface area contributed by atoms with Crippen molar-refractivity contribution < 1.29 is 19.1 Å². The largest absolute Gasteiger partial charge is 0.452 e. The van der Waals surface area contributed by atoms with E-state index in [2.05, 4.69) is 22.9 Å². The van der Waals surface area contributed by atoms with Gasteiger partial charge in [-0.1, -0.05) is 0 Å². The first-order valence-corrected chi connectivity index (χ1v) is 9.41. The van der Waals surface area contributed by atoms with Gasteiger partial charge in [0.15, 0.2) is 6.61 Å². The molecule has 7 nitrogen and oxygen atoms in total. The molecule has 1 aromatic heterocycles. The smallest absolute Gasteiger partial charge is 0.331 e. The van der Waals surface area contributed by atoms with Gasteiger partial charge in [0, 0.05) is 36.6 Å². The quantitative estimate of drug-likeness (QED) is 0.556. The second-order valence-electron chi connectivity index (χ2n) is 7.46. The number of likely N-dealkylation sites (N-methyl/N-ethyl adjacent to an activating group) is 1. The third-order valence-electron chi connectivity index (χ3n) is 4.92. The summed E-state index contributed by atoms with van der Waals surface area (Å²) in [5, 5.41) is 2.81. The summed E-state index contributed by atoms with van der Waals surface area (Å²) in [7, 11) is 1.52. The van der Waals surface area contributed by atoms with Crippen LogP contribution in [0.4, 0.5) is 0 Å². The van der Waals surface area contributed by atoms with E-state index < -0.39 is 11.9 Å². The lowest BCUT2D eigenvalue weighted by molar-refractivity contribution is -0.148. The molecule has 0 spiro atoms. The van der Waals surface area contributed by atoms with E-state index in [4.69, 9.17) is 4.74 Å². The zero-order valence-corrected chi connectivity index (χ0v) is 16.2. The minimum atomic E-state index is -0.574. The first-order valence-electron chi connectivity index (χ1n) is 9.41. The second-order valence-corrected chi connectivity index (χ2v) is 7.46. The van der Waals surface area contributed by atoms with Gasteiger partial charge in [0.25, 0.3) is 5.91 Å². The van der Waals surface area contributed by atoms with E-state index in [0.29, 0.717) is 6.04 Å². The van der Waals surface area contributed by atoms with Crippen LogP contribution in [0.3, 0.4) is 0 Å². The van der Waals surface area contributed by atoms with Crippen LogP contribution < -0.4 is 5.32 Å². The molecule has 7 heteroatoms. The van der Waals surface area contributed by atoms with Crippen LogP contribution in [0.5, 0.6) is 0 Å². The normalized spacial score (nSPS) is 16.4. The van der Waals surface area contributed by atoms with Gasteiger partial charge in [-0.3, -0.25) is 9.59 Å². The van der Waals surface area contributed by atoms with Gasteiger partial charge < -0.3 is 19.5 Å². The van der Waals surface area contributed by atoms with E-state index >= 15 is 0 Å². The molecule has 2 aliphatic rings. The van der Waals surface area contributed by atoms with Crippen molar-refractivity contribution in [1.82, 2.24) is 14.8 Å². The lowest BCUT2D eigenvalue weighted by atomic mass is 10.2. The van der Waals surface area contributed by atoms with E-state index in [1.165, 1.54) is 36.6 Å². The fourth-order valence-corrected chi connectivity index (χ4v) is 3.12. The predicted molar refractivity (Wildman–Crippen MR) is 101 cm³/mol. The fraction of sp³-hybridized carbons (Fsp3) is 0.550. The van der Waals surface area contributed by atoms with Crippen molar-refractivity contribution in [1.29, 1.82) is 0 Å². The number of amides is 2. The SMILES string of the molecule is Cc1cc(/C=C/C(=O)OCC(=O)N(C)CC(=O)NC2CC2)c(C)n1C1CC1. The first-order chi connectivity index (χ1) is 12.8. The van der Waals surface area contributed by atoms with Crippen LogP contribution in [0.1, 0.15) is 48.7 Å². The Hall–Kier alpha value is -2.57. The zero-order valence-electron chi connectivity index (χ0n) is 16.2. The lowest BCUT2D eigenvalue weighted by Crippen LogP contribution is -2.40. The minimum absolute atomic E-state index is 0.0319. The van der Waals surface area contributed by atoms with Gasteiger partial charge in [-0.25, -0.2) is 4.79 Å². The minimum Gasteiger partial charge on any atom is -0.452 e. The van der Waals surface area contributed by atoms with Crippen molar-refractivity contribution in [3.63, 3.8) is 0 Å². The van der Waals surface area contributed by atoms with Crippen LogP contribution in [0.15, 0.2) is 12.1 Å². The highest BCUT2D eigenvalue weighted by Gasteiger charge is 2.26. The monoisotopic (exact) mass is 373 g/mol. The Balaban J connectivity index is 1.44. The number of carbonyl (C=O) groups excluding carboxylic acids is 3. The van der Waals surface area contributed by atoms with Gasteiger partial charge in [-0.15, -0.1) is 0 Å². The lowest BCUT2D eigenvalue weighted by Gasteiger charge is -2.16. The molecule has 0 atom stereocenters. The van der Waals surface area contributed by atoms with Gasteiger partial charge in [0.05, 0.1) is 6.54 Å². The molecule has 1 heterocycles. The number of hydrogen-bond donors (Lipinski definition) is 1. The Morgan fingerprint density at radius 2 is 1.96 bits per heavy atom. The topological polar surface area (TPSA) is 80.6 Å². The van der Waals surface area contributed by atoms with E-state index in [-0.39, 0.29) is 25.1 Å². The number of hydrogen-bond acceptors (Lipinski definition) is 4. The standard InChI is InChI=1S/C20H27N3O4/c1-13-10-15(14(2)23(13)17-7-8-17)4-9-20(26)27-12-19(25)22(3)11-18(24)21-16-5-6-16/h4,9-10,16-17H,5-8,11-12H2,1-3H3,(H,21,24)/b9-4+. The second kappa shape index (κ2) is 7.98. The van der Waals surface area contributed by atoms with Crippen LogP contribution >= 0.6 is 0 Å². The van der Waals surface area contributed by atoms with Crippen LogP contribution in [-0.4, -0.2) is 53.5 Å². The number of carbonyl (C=O) groups is 3. The van der Waals surface area contributed by atoms with Crippen molar-refractivity contribution in [3.8, 4) is 0 Å². The highest BCUT2D eigenvalue weighted by atomic mass is 16.5. The summed E-state index contributed by atoms with van der Waals surface area (Å²) in [5.74, 6) is -1.17. The summed E-state index contributed by atoms with van der Waals surface area (Å²) in [6, 6.07) is 2.89. The van der Waals surface area contributed by atoms with Crippen LogP contribution in [-0.2, 0) is 19.1 Å². The first kappa shape index (κ1) is 19.2. The molecule has 0 aliphatic heterocycles. The molecule has 27 heavy (non-hydrogen) atoms. The van der Waals surface area contributed by atoms with E-state index in [0.717, 1.165) is 24.1 Å². The van der Waals surface area contributed by atoms with E-state index in [1.54, 1.807) is 6.08 Å². The Labute approximate surface area is 159 Å². The summed E-state index contributed by atoms with van der Waals surface area (Å²) >= 11 is 0. The number of rotatable bonds is 8. The number of ether oxygens (including phenoxy) is 1. The highest BCUT2D eigenvalue weighted by Crippen LogP contribution is 2.38. The van der Waals surface area contributed by atoms with Crippen molar-refractivity contribution in [2.75, 3.05) is 20.2 Å². The molecule has 0 aromatic carbocycles. The maximum Gasteiger partial charge on any atom is 0.331 e. The summed E-state index contributed by atoms with van der Waals surface area (Å²) in [6.07, 6.45) is 7.46. The number of nitrogens with one attached hydrogen (secondary N) is 1. The average molecular weight is 373 g/mol. The van der Waals surface area contributed by atoms with Gasteiger partial charge >= 0.3 is 5.97 Å². The van der Waals surface area contributed by atoms with E-state index in [9.17, 15) is 14.4 Å². The number of aromatic nitrogens is 1. The predicted octanol–water partition coefficient (Wildman–Crippen LogP) is 1.73. The molecule has 0 unspecified atom stereocenters. The summed E-state index contributed by atoms with van der Waals surface area (Å²) in [6.45, 7) is 3.70. The molecule has 0 saturated heterocycles. The molecular weight excluding hydrogens is 346 g/mol. The van der Waals surface area contributed by atoms with Gasteiger partial charge in [0.1, 0.15) is 0 Å². The number of aryl methyl sites for hydroxylation is 1. The van der Waals surface area contributed by atoms with Crippen LogP contribution in [0.2, 0.25) is 0 Å². The molecule has 2 amide bonds.